The molecule has 5 aliphatic rings. The van der Waals surface area contributed by atoms with Gasteiger partial charge in [0.2, 0.25) is 11.8 Å². The minimum atomic E-state index is -2.61. The molecule has 3 aliphatic carbocycles. The van der Waals surface area contributed by atoms with Crippen LogP contribution in [-0.2, 0) is 19.2 Å². The smallest absolute Gasteiger partial charge is 0.237 e. The van der Waals surface area contributed by atoms with Gasteiger partial charge in [-0.1, -0.05) is 66.7 Å². The summed E-state index contributed by atoms with van der Waals surface area (Å²) in [5.74, 6) is -1.45. The zero-order valence-electron chi connectivity index (χ0n) is 32.5. The number of nitrogens with one attached hydrogen (secondary N) is 1. The molecular formula is C37H61N3O4. The van der Waals surface area contributed by atoms with Crippen LogP contribution in [0.2, 0.25) is 0 Å². The summed E-state index contributed by atoms with van der Waals surface area (Å²) in [6.07, 6.45) is 10.6. The number of hydrogen-bond acceptors (Lipinski definition) is 5. The monoisotopic (exact) mass is 615 g/mol. The van der Waals surface area contributed by atoms with Crippen molar-refractivity contribution in [3.8, 4) is 0 Å². The van der Waals surface area contributed by atoms with Gasteiger partial charge in [0, 0.05) is 35.8 Å². The molecule has 0 bridgehead atoms. The number of piperidine rings is 1. The molecule has 5 fully saturated rings. The summed E-state index contributed by atoms with van der Waals surface area (Å²) in [4.78, 5) is 59.6. The number of Topliss-reactive ketones (excluding diaryl/α,β-unsaturated/α-hetero) is 2. The number of fused-ring (bicyclic) bond motifs is 1. The Labute approximate surface area is 272 Å². The lowest BCUT2D eigenvalue weighted by Gasteiger charge is -2.40. The van der Waals surface area contributed by atoms with E-state index in [1.165, 1.54) is 18.2 Å². The molecule has 248 valence electrons. The topological polar surface area (TPSA) is 86.8 Å². The van der Waals surface area contributed by atoms with Crippen molar-refractivity contribution < 1.29 is 24.7 Å². The van der Waals surface area contributed by atoms with E-state index in [1.54, 1.807) is 6.92 Å². The molecule has 5 rings (SSSR count). The highest BCUT2D eigenvalue weighted by molar-refractivity contribution is 5.95. The van der Waals surface area contributed by atoms with Gasteiger partial charge in [-0.15, -0.1) is 0 Å². The maximum absolute atomic E-state index is 14.7. The van der Waals surface area contributed by atoms with E-state index in [4.69, 9.17) is 5.48 Å². The lowest BCUT2D eigenvalue weighted by molar-refractivity contribution is -0.146. The highest BCUT2D eigenvalue weighted by Gasteiger charge is 2.85. The summed E-state index contributed by atoms with van der Waals surface area (Å²) in [5.41, 5.74) is -0.382. The average Bonchev–Trinajstić information content (AvgIpc) is 3.21. The van der Waals surface area contributed by atoms with E-state index in [9.17, 15) is 19.2 Å². The van der Waals surface area contributed by atoms with E-state index in [0.29, 0.717) is 32.4 Å². The third kappa shape index (κ3) is 5.49. The van der Waals surface area contributed by atoms with Gasteiger partial charge >= 0.3 is 0 Å². The molecule has 7 nitrogen and oxygen atoms in total. The zero-order chi connectivity index (χ0) is 35.7. The number of carbonyl (C=O) groups excluding carboxylic acids is 4. The van der Waals surface area contributed by atoms with Gasteiger partial charge in [0.1, 0.15) is 0 Å². The molecule has 3 saturated carbocycles. The van der Waals surface area contributed by atoms with Crippen LogP contribution in [0.5, 0.6) is 0 Å². The van der Waals surface area contributed by atoms with Crippen molar-refractivity contribution in [2.24, 2.45) is 33.5 Å². The fourth-order valence-corrected chi connectivity index (χ4v) is 10.3. The first-order valence-corrected chi connectivity index (χ1v) is 17.5. The molecule has 6 atom stereocenters. The summed E-state index contributed by atoms with van der Waals surface area (Å²) in [6, 6.07) is -4.05. The second-order valence-corrected chi connectivity index (χ2v) is 16.7. The Morgan fingerprint density at radius 2 is 1.61 bits per heavy atom. The quantitative estimate of drug-likeness (QED) is 0.328. The summed E-state index contributed by atoms with van der Waals surface area (Å²) in [7, 11) is 0. The lowest BCUT2D eigenvalue weighted by Crippen LogP contribution is -2.57. The molecule has 2 aliphatic heterocycles. The summed E-state index contributed by atoms with van der Waals surface area (Å²) < 4.78 is 32.8. The van der Waals surface area contributed by atoms with Crippen molar-refractivity contribution in [1.82, 2.24) is 15.1 Å². The molecule has 0 aromatic rings. The van der Waals surface area contributed by atoms with E-state index >= 15 is 0 Å². The van der Waals surface area contributed by atoms with Crippen LogP contribution in [0.25, 0.3) is 0 Å². The van der Waals surface area contributed by atoms with Crippen LogP contribution in [0, 0.1) is 33.5 Å². The van der Waals surface area contributed by atoms with Gasteiger partial charge in [-0.05, 0) is 94.4 Å². The summed E-state index contributed by atoms with van der Waals surface area (Å²) in [5, 5.41) is 3.09. The van der Waals surface area contributed by atoms with Crippen LogP contribution in [0.3, 0.4) is 0 Å². The largest absolute Gasteiger partial charge is 0.345 e. The van der Waals surface area contributed by atoms with Gasteiger partial charge < -0.3 is 10.2 Å². The molecule has 2 amide bonds. The van der Waals surface area contributed by atoms with Gasteiger partial charge in [-0.2, -0.15) is 0 Å². The molecule has 0 aromatic heterocycles. The van der Waals surface area contributed by atoms with Gasteiger partial charge in [0.15, 0.2) is 11.6 Å². The van der Waals surface area contributed by atoms with Crippen molar-refractivity contribution in [3.05, 3.63) is 0 Å². The predicted molar refractivity (Wildman–Crippen MR) is 174 cm³/mol. The second-order valence-electron chi connectivity index (χ2n) is 16.7. The molecule has 7 heteroatoms. The minimum Gasteiger partial charge on any atom is -0.345 e. The first kappa shape index (κ1) is 28.5. The number of carbonyl (C=O) groups is 4. The molecule has 2 heterocycles. The standard InChI is InChI=1S/C37H61N3O4/c1-24(2)39-20-13-12-17-28(39)32(43)38-31(26-15-10-9-11-16-26)30(42)21-27(34(4,5)6)33(44)40-23-37(22-29(40)25(3)41)35(7,8)36(37)18-14-19-36/h24,26-29,31H,9-23H2,1-8H3,(H,38,43)/t27-,28+,29+,31+,37-/m1/s1/i1D3,24D/t24?,27-,28+,29+,31+,37-. The third-order valence-corrected chi connectivity index (χ3v) is 13.3. The normalized spacial score (nSPS) is 34.5. The van der Waals surface area contributed by atoms with E-state index in [-0.39, 0.29) is 46.1 Å². The number of amides is 2. The minimum absolute atomic E-state index is 0.000726. The van der Waals surface area contributed by atoms with Gasteiger partial charge in [-0.25, -0.2) is 0 Å². The van der Waals surface area contributed by atoms with Crippen LogP contribution in [-0.4, -0.2) is 70.4 Å². The fourth-order valence-electron chi connectivity index (χ4n) is 10.3. The Balaban J connectivity index is 1.39. The van der Waals surface area contributed by atoms with Gasteiger partial charge in [-0.3, -0.25) is 24.1 Å². The number of ketones is 2. The predicted octanol–water partition coefficient (Wildman–Crippen LogP) is 6.32. The Hall–Kier alpha value is -1.76. The van der Waals surface area contributed by atoms with Crippen molar-refractivity contribution in [3.63, 3.8) is 0 Å². The molecular weight excluding hydrogens is 550 g/mol. The molecule has 2 spiro atoms. The average molecular weight is 616 g/mol. The van der Waals surface area contributed by atoms with Crippen molar-refractivity contribution in [2.75, 3.05) is 13.1 Å². The van der Waals surface area contributed by atoms with E-state index in [2.05, 4.69) is 19.2 Å². The summed E-state index contributed by atoms with van der Waals surface area (Å²) >= 11 is 0. The number of hydrogen-bond donors (Lipinski definition) is 1. The van der Waals surface area contributed by atoms with Crippen molar-refractivity contribution in [1.29, 1.82) is 0 Å². The first-order valence-electron chi connectivity index (χ1n) is 19.5. The number of rotatable bonds is 9. The molecule has 2 saturated heterocycles. The van der Waals surface area contributed by atoms with Crippen LogP contribution >= 0.6 is 0 Å². The van der Waals surface area contributed by atoms with Crippen molar-refractivity contribution in [2.45, 2.75) is 163 Å². The van der Waals surface area contributed by atoms with E-state index < -0.39 is 48.2 Å². The first-order chi connectivity index (χ1) is 22.1. The Morgan fingerprint density at radius 1 is 0.955 bits per heavy atom. The van der Waals surface area contributed by atoms with Gasteiger partial charge in [0.05, 0.1) is 18.1 Å². The molecule has 1 unspecified atom stereocenters. The van der Waals surface area contributed by atoms with Gasteiger partial charge in [0.25, 0.3) is 0 Å². The second kappa shape index (κ2) is 12.1. The zero-order valence-corrected chi connectivity index (χ0v) is 28.5. The Morgan fingerprint density at radius 3 is 2.16 bits per heavy atom. The van der Waals surface area contributed by atoms with E-state index in [0.717, 1.165) is 51.4 Å². The molecule has 44 heavy (non-hydrogen) atoms. The maximum atomic E-state index is 14.7. The maximum Gasteiger partial charge on any atom is 0.237 e. The lowest BCUT2D eigenvalue weighted by atomic mass is 9.73. The van der Waals surface area contributed by atoms with Crippen LogP contribution in [0.4, 0.5) is 0 Å². The molecule has 1 N–H and O–H groups in total. The Kier molecular flexibility index (Phi) is 7.84. The summed E-state index contributed by atoms with van der Waals surface area (Å²) in [6.45, 7) is 11.7. The molecule has 0 radical (unpaired) electrons. The third-order valence-electron chi connectivity index (χ3n) is 13.3. The Bertz CT molecular complexity index is 1280. The highest BCUT2D eigenvalue weighted by Crippen LogP contribution is 2.88. The highest BCUT2D eigenvalue weighted by atomic mass is 16.2. The van der Waals surface area contributed by atoms with Crippen LogP contribution < -0.4 is 5.32 Å². The van der Waals surface area contributed by atoms with Crippen LogP contribution in [0.15, 0.2) is 0 Å². The van der Waals surface area contributed by atoms with Crippen LogP contribution in [0.1, 0.15) is 144 Å². The van der Waals surface area contributed by atoms with Crippen molar-refractivity contribution >= 4 is 23.4 Å². The SMILES string of the molecule is [2H]C([2H])([2H])C([2H])(C)N1CCCC[C@H]1C(=O)N[C@H](C(=O)C[C@H](C(=O)N1C[C@]2(C[C@H]1C(C)=O)C(C)(C)C21CCC1)C(C)(C)C)C1CCCCC1. The fraction of sp³-hybridized carbons (Fsp3) is 0.892. The number of nitrogens with zero attached hydrogens (tertiary/aromatic N) is 2. The number of likely N-dealkylation sites (tertiary alicyclic amines) is 2. The van der Waals surface area contributed by atoms with E-state index in [1.807, 2.05) is 25.7 Å². The molecule has 0 aromatic carbocycles.